The first kappa shape index (κ1) is 12.4. The van der Waals surface area contributed by atoms with Crippen LogP contribution in [0.15, 0.2) is 36.5 Å². The number of aryl methyl sites for hydroxylation is 1. The molecule has 2 aromatic rings. The topological polar surface area (TPSA) is 12.9 Å². The van der Waals surface area contributed by atoms with Gasteiger partial charge < -0.3 is 0 Å². The van der Waals surface area contributed by atoms with Gasteiger partial charge in [0.05, 0.1) is 0 Å². The van der Waals surface area contributed by atoms with Crippen LogP contribution in [0.2, 0.25) is 10.0 Å². The summed E-state index contributed by atoms with van der Waals surface area (Å²) in [6.07, 6.45) is 3.85. The summed E-state index contributed by atoms with van der Waals surface area (Å²) in [4.78, 5) is 4.42. The van der Waals surface area contributed by atoms with Crippen molar-refractivity contribution in [1.29, 1.82) is 0 Å². The molecule has 0 aliphatic rings. The second kappa shape index (κ2) is 5.52. The number of pyridine rings is 1. The van der Waals surface area contributed by atoms with E-state index in [1.807, 2.05) is 24.4 Å². The van der Waals surface area contributed by atoms with Crippen LogP contribution in [-0.4, -0.2) is 4.98 Å². The van der Waals surface area contributed by atoms with Crippen LogP contribution < -0.4 is 0 Å². The van der Waals surface area contributed by atoms with Gasteiger partial charge in [-0.15, -0.1) is 0 Å². The maximum absolute atomic E-state index is 6.02. The maximum atomic E-state index is 6.02. The van der Waals surface area contributed by atoms with E-state index < -0.39 is 0 Å². The van der Waals surface area contributed by atoms with Gasteiger partial charge >= 0.3 is 0 Å². The van der Waals surface area contributed by atoms with Crippen LogP contribution >= 0.6 is 23.2 Å². The molecule has 0 N–H and O–H groups in total. The van der Waals surface area contributed by atoms with Crippen molar-refractivity contribution in [3.63, 3.8) is 0 Å². The molecular weight excluding hydrogens is 253 g/mol. The molecule has 0 saturated heterocycles. The smallest absolute Gasteiger partial charge is 0.0481 e. The Morgan fingerprint density at radius 3 is 2.47 bits per heavy atom. The molecule has 1 heterocycles. The third kappa shape index (κ3) is 2.99. The molecule has 0 bridgehead atoms. The summed E-state index contributed by atoms with van der Waals surface area (Å²) in [7, 11) is 0. The average Bonchev–Trinajstić information content (AvgIpc) is 2.29. The highest BCUT2D eigenvalue weighted by Crippen LogP contribution is 2.29. The van der Waals surface area contributed by atoms with Crippen molar-refractivity contribution in [3.05, 3.63) is 52.3 Å². The third-order valence-corrected chi connectivity index (χ3v) is 2.99. The van der Waals surface area contributed by atoms with Crippen molar-refractivity contribution in [3.8, 4) is 11.1 Å². The van der Waals surface area contributed by atoms with Crippen molar-refractivity contribution >= 4 is 23.2 Å². The summed E-state index contributed by atoms with van der Waals surface area (Å²) >= 11 is 12.0. The number of halogens is 2. The average molecular weight is 266 g/mol. The molecule has 2 rings (SSSR count). The Morgan fingerprint density at radius 1 is 1.12 bits per heavy atom. The second-order valence-electron chi connectivity index (χ2n) is 3.91. The van der Waals surface area contributed by atoms with Crippen LogP contribution in [0.4, 0.5) is 0 Å². The standard InChI is InChI=1S/C14H13Cl2N/c1-2-4-14-13(5-3-6-17-14)10-7-11(15)9-12(16)8-10/h3,5-9H,2,4H2,1H3. The number of aromatic nitrogens is 1. The van der Waals surface area contributed by atoms with E-state index in [0.29, 0.717) is 10.0 Å². The Balaban J connectivity index is 2.51. The maximum Gasteiger partial charge on any atom is 0.0481 e. The van der Waals surface area contributed by atoms with Crippen LogP contribution in [0, 0.1) is 0 Å². The van der Waals surface area contributed by atoms with E-state index in [1.54, 1.807) is 6.07 Å². The fraction of sp³-hybridized carbons (Fsp3) is 0.214. The molecule has 0 fully saturated rings. The molecule has 0 atom stereocenters. The molecule has 1 aromatic heterocycles. The van der Waals surface area contributed by atoms with Crippen LogP contribution in [0.3, 0.4) is 0 Å². The number of benzene rings is 1. The van der Waals surface area contributed by atoms with Gasteiger partial charge in [-0.25, -0.2) is 0 Å². The highest BCUT2D eigenvalue weighted by atomic mass is 35.5. The molecular formula is C14H13Cl2N. The van der Waals surface area contributed by atoms with E-state index in [9.17, 15) is 0 Å². The summed E-state index contributed by atoms with van der Waals surface area (Å²) in [6.45, 7) is 2.14. The third-order valence-electron chi connectivity index (χ3n) is 2.55. The molecule has 0 unspecified atom stereocenters. The molecule has 0 saturated carbocycles. The molecule has 0 aliphatic carbocycles. The zero-order valence-electron chi connectivity index (χ0n) is 9.58. The molecule has 3 heteroatoms. The van der Waals surface area contributed by atoms with E-state index in [2.05, 4.69) is 18.0 Å². The minimum Gasteiger partial charge on any atom is -0.261 e. The summed E-state index contributed by atoms with van der Waals surface area (Å²) in [5, 5.41) is 1.30. The fourth-order valence-electron chi connectivity index (χ4n) is 1.85. The minimum absolute atomic E-state index is 0.652. The van der Waals surface area contributed by atoms with Crippen molar-refractivity contribution in [2.45, 2.75) is 19.8 Å². The van der Waals surface area contributed by atoms with E-state index >= 15 is 0 Å². The summed E-state index contributed by atoms with van der Waals surface area (Å²) in [5.74, 6) is 0. The van der Waals surface area contributed by atoms with Gasteiger partial charge in [0, 0.05) is 27.5 Å². The van der Waals surface area contributed by atoms with Gasteiger partial charge in [-0.3, -0.25) is 4.98 Å². The molecule has 1 nitrogen and oxygen atoms in total. The molecule has 88 valence electrons. The van der Waals surface area contributed by atoms with Crippen LogP contribution in [0.25, 0.3) is 11.1 Å². The number of hydrogen-bond donors (Lipinski definition) is 0. The van der Waals surface area contributed by atoms with Crippen molar-refractivity contribution in [1.82, 2.24) is 4.98 Å². The normalized spacial score (nSPS) is 10.5. The quantitative estimate of drug-likeness (QED) is 0.761. The lowest BCUT2D eigenvalue weighted by Gasteiger charge is -2.08. The SMILES string of the molecule is CCCc1ncccc1-c1cc(Cl)cc(Cl)c1. The zero-order valence-corrected chi connectivity index (χ0v) is 11.1. The molecule has 17 heavy (non-hydrogen) atoms. The monoisotopic (exact) mass is 265 g/mol. The number of rotatable bonds is 3. The zero-order chi connectivity index (χ0) is 12.3. The van der Waals surface area contributed by atoms with Crippen molar-refractivity contribution in [2.75, 3.05) is 0 Å². The van der Waals surface area contributed by atoms with Gasteiger partial charge in [0.15, 0.2) is 0 Å². The molecule has 0 radical (unpaired) electrons. The molecule has 1 aromatic carbocycles. The lowest BCUT2D eigenvalue weighted by Crippen LogP contribution is -1.93. The number of hydrogen-bond acceptors (Lipinski definition) is 1. The Kier molecular flexibility index (Phi) is 4.03. The highest BCUT2D eigenvalue weighted by Gasteiger charge is 2.07. The fourth-order valence-corrected chi connectivity index (χ4v) is 2.37. The predicted octanol–water partition coefficient (Wildman–Crippen LogP) is 5.01. The summed E-state index contributed by atoms with van der Waals surface area (Å²) in [5.41, 5.74) is 3.23. The highest BCUT2D eigenvalue weighted by molar-refractivity contribution is 6.35. The van der Waals surface area contributed by atoms with Gasteiger partial charge in [-0.05, 0) is 36.2 Å². The Morgan fingerprint density at radius 2 is 1.82 bits per heavy atom. The van der Waals surface area contributed by atoms with E-state index in [4.69, 9.17) is 23.2 Å². The first-order valence-corrected chi connectivity index (χ1v) is 6.36. The van der Waals surface area contributed by atoms with Gasteiger partial charge in [0.1, 0.15) is 0 Å². The predicted molar refractivity (Wildman–Crippen MR) is 73.7 cm³/mol. The minimum atomic E-state index is 0.652. The van der Waals surface area contributed by atoms with Crippen LogP contribution in [0.1, 0.15) is 19.0 Å². The Hall–Kier alpha value is -1.05. The van der Waals surface area contributed by atoms with Crippen LogP contribution in [-0.2, 0) is 6.42 Å². The lowest BCUT2D eigenvalue weighted by atomic mass is 10.0. The van der Waals surface area contributed by atoms with Gasteiger partial charge in [0.2, 0.25) is 0 Å². The van der Waals surface area contributed by atoms with Crippen molar-refractivity contribution < 1.29 is 0 Å². The summed E-state index contributed by atoms with van der Waals surface area (Å²) in [6, 6.07) is 9.57. The lowest BCUT2D eigenvalue weighted by molar-refractivity contribution is 0.885. The number of nitrogens with zero attached hydrogens (tertiary/aromatic N) is 1. The van der Waals surface area contributed by atoms with Gasteiger partial charge in [0.25, 0.3) is 0 Å². The summed E-state index contributed by atoms with van der Waals surface area (Å²) < 4.78 is 0. The van der Waals surface area contributed by atoms with E-state index in [1.165, 1.54) is 0 Å². The van der Waals surface area contributed by atoms with E-state index in [-0.39, 0.29) is 0 Å². The van der Waals surface area contributed by atoms with E-state index in [0.717, 1.165) is 29.7 Å². The van der Waals surface area contributed by atoms with Gasteiger partial charge in [-0.2, -0.15) is 0 Å². The Bertz CT molecular complexity index is 503. The largest absolute Gasteiger partial charge is 0.261 e. The first-order valence-electron chi connectivity index (χ1n) is 5.61. The molecule has 0 amide bonds. The second-order valence-corrected chi connectivity index (χ2v) is 4.78. The molecule has 0 spiro atoms. The molecule has 0 aliphatic heterocycles. The van der Waals surface area contributed by atoms with Gasteiger partial charge in [-0.1, -0.05) is 42.6 Å². The van der Waals surface area contributed by atoms with Crippen molar-refractivity contribution in [2.24, 2.45) is 0 Å². The first-order chi connectivity index (χ1) is 8.20. The van der Waals surface area contributed by atoms with Crippen LogP contribution in [0.5, 0.6) is 0 Å². The Labute approximate surface area is 111 Å².